The lowest BCUT2D eigenvalue weighted by Crippen LogP contribution is -2.34. The zero-order valence-corrected chi connectivity index (χ0v) is 13.9. The van der Waals surface area contributed by atoms with E-state index in [1.54, 1.807) is 6.92 Å². The van der Waals surface area contributed by atoms with Gasteiger partial charge in [-0.15, -0.1) is 0 Å². The van der Waals surface area contributed by atoms with Crippen LogP contribution in [-0.2, 0) is 16.0 Å². The van der Waals surface area contributed by atoms with Crippen molar-refractivity contribution in [3.8, 4) is 11.3 Å². The number of aromatic nitrogens is 2. The Balaban J connectivity index is 2.09. The van der Waals surface area contributed by atoms with Crippen LogP contribution < -0.4 is 5.73 Å². The lowest BCUT2D eigenvalue weighted by atomic mass is 10.1. The number of ether oxygens (including phenoxy) is 1. The Kier molecular flexibility index (Phi) is 4.62. The molecule has 0 aliphatic heterocycles. The highest BCUT2D eigenvalue weighted by molar-refractivity contribution is 5.77. The largest absolute Gasteiger partial charge is 0.465 e. The SMILES string of the molecule is CCOC(=O)C(N)Cc1c(-c2ccccc2)nc2ccc(C)cn12. The van der Waals surface area contributed by atoms with Gasteiger partial charge in [0.1, 0.15) is 11.7 Å². The summed E-state index contributed by atoms with van der Waals surface area (Å²) in [7, 11) is 0. The molecule has 2 heterocycles. The molecule has 1 atom stereocenters. The van der Waals surface area contributed by atoms with E-state index in [9.17, 15) is 4.79 Å². The van der Waals surface area contributed by atoms with Gasteiger partial charge in [0.15, 0.2) is 0 Å². The van der Waals surface area contributed by atoms with Gasteiger partial charge in [0.05, 0.1) is 18.0 Å². The number of nitrogens with two attached hydrogens (primary N) is 1. The summed E-state index contributed by atoms with van der Waals surface area (Å²) < 4.78 is 7.05. The molecule has 0 saturated heterocycles. The summed E-state index contributed by atoms with van der Waals surface area (Å²) in [5.41, 5.74) is 10.8. The van der Waals surface area contributed by atoms with Gasteiger partial charge in [0.25, 0.3) is 0 Å². The molecule has 5 heteroatoms. The maximum absolute atomic E-state index is 11.9. The van der Waals surface area contributed by atoms with Gasteiger partial charge in [-0.2, -0.15) is 0 Å². The normalized spacial score (nSPS) is 12.3. The molecule has 3 aromatic rings. The van der Waals surface area contributed by atoms with Crippen molar-refractivity contribution in [2.24, 2.45) is 5.73 Å². The summed E-state index contributed by atoms with van der Waals surface area (Å²) in [6.07, 6.45) is 2.38. The third kappa shape index (κ3) is 3.16. The quantitative estimate of drug-likeness (QED) is 0.733. The fraction of sp³-hybridized carbons (Fsp3) is 0.263. The first-order valence-electron chi connectivity index (χ1n) is 8.05. The van der Waals surface area contributed by atoms with Crippen LogP contribution in [0.4, 0.5) is 0 Å². The van der Waals surface area contributed by atoms with Crippen molar-refractivity contribution in [3.05, 3.63) is 59.9 Å². The molecule has 0 fully saturated rings. The smallest absolute Gasteiger partial charge is 0.323 e. The summed E-state index contributed by atoms with van der Waals surface area (Å²) >= 11 is 0. The number of imidazole rings is 1. The van der Waals surface area contributed by atoms with Gasteiger partial charge in [-0.25, -0.2) is 4.98 Å². The van der Waals surface area contributed by atoms with E-state index in [-0.39, 0.29) is 5.97 Å². The second-order valence-corrected chi connectivity index (χ2v) is 5.77. The Hall–Kier alpha value is -2.66. The van der Waals surface area contributed by atoms with Crippen LogP contribution >= 0.6 is 0 Å². The fourth-order valence-electron chi connectivity index (χ4n) is 2.76. The second kappa shape index (κ2) is 6.84. The molecule has 2 N–H and O–H groups in total. The van der Waals surface area contributed by atoms with Crippen LogP contribution in [-0.4, -0.2) is 28.0 Å². The molecule has 0 spiro atoms. The number of hydrogen-bond acceptors (Lipinski definition) is 4. The monoisotopic (exact) mass is 323 g/mol. The van der Waals surface area contributed by atoms with E-state index >= 15 is 0 Å². The average Bonchev–Trinajstić information content (AvgIpc) is 2.94. The lowest BCUT2D eigenvalue weighted by Gasteiger charge is -2.12. The first-order chi connectivity index (χ1) is 11.6. The molecule has 124 valence electrons. The molecule has 0 amide bonds. The van der Waals surface area contributed by atoms with E-state index in [0.29, 0.717) is 13.0 Å². The molecule has 3 rings (SSSR count). The number of aryl methyl sites for hydroxylation is 1. The number of rotatable bonds is 5. The second-order valence-electron chi connectivity index (χ2n) is 5.77. The molecule has 0 aliphatic rings. The molecular formula is C19H21N3O2. The van der Waals surface area contributed by atoms with E-state index in [0.717, 1.165) is 28.2 Å². The highest BCUT2D eigenvalue weighted by atomic mass is 16.5. The summed E-state index contributed by atoms with van der Waals surface area (Å²) in [6, 6.07) is 13.2. The van der Waals surface area contributed by atoms with Crippen molar-refractivity contribution >= 4 is 11.6 Å². The van der Waals surface area contributed by atoms with Crippen molar-refractivity contribution in [2.45, 2.75) is 26.3 Å². The number of carbonyl (C=O) groups excluding carboxylic acids is 1. The molecule has 2 aromatic heterocycles. The zero-order valence-electron chi connectivity index (χ0n) is 13.9. The molecule has 24 heavy (non-hydrogen) atoms. The predicted molar refractivity (Wildman–Crippen MR) is 93.7 cm³/mol. The number of esters is 1. The number of pyridine rings is 1. The van der Waals surface area contributed by atoms with Gasteiger partial charge < -0.3 is 14.9 Å². The van der Waals surface area contributed by atoms with Crippen LogP contribution in [0, 0.1) is 6.92 Å². The topological polar surface area (TPSA) is 69.6 Å². The van der Waals surface area contributed by atoms with Crippen molar-refractivity contribution in [2.75, 3.05) is 6.61 Å². The molecule has 1 unspecified atom stereocenters. The number of nitrogens with zero attached hydrogens (tertiary/aromatic N) is 2. The van der Waals surface area contributed by atoms with E-state index in [1.807, 2.05) is 60.0 Å². The van der Waals surface area contributed by atoms with Gasteiger partial charge in [0, 0.05) is 18.2 Å². The summed E-state index contributed by atoms with van der Waals surface area (Å²) in [5, 5.41) is 0. The molecule has 0 radical (unpaired) electrons. The van der Waals surface area contributed by atoms with Gasteiger partial charge in [0.2, 0.25) is 0 Å². The van der Waals surface area contributed by atoms with Crippen LogP contribution in [0.1, 0.15) is 18.2 Å². The average molecular weight is 323 g/mol. The molecular weight excluding hydrogens is 302 g/mol. The summed E-state index contributed by atoms with van der Waals surface area (Å²) in [6.45, 7) is 4.12. The minimum atomic E-state index is -0.715. The minimum absolute atomic E-state index is 0.324. The van der Waals surface area contributed by atoms with Crippen LogP contribution in [0.25, 0.3) is 16.9 Å². The predicted octanol–water partition coefficient (Wildman–Crippen LogP) is 2.74. The van der Waals surface area contributed by atoms with Crippen LogP contribution in [0.3, 0.4) is 0 Å². The molecule has 0 saturated carbocycles. The van der Waals surface area contributed by atoms with Crippen molar-refractivity contribution < 1.29 is 9.53 Å². The van der Waals surface area contributed by atoms with E-state index in [4.69, 9.17) is 15.5 Å². The van der Waals surface area contributed by atoms with E-state index in [2.05, 4.69) is 0 Å². The Bertz CT molecular complexity index is 856. The number of hydrogen-bond donors (Lipinski definition) is 1. The highest BCUT2D eigenvalue weighted by Gasteiger charge is 2.21. The Morgan fingerprint density at radius 2 is 2.00 bits per heavy atom. The van der Waals surface area contributed by atoms with Gasteiger partial charge >= 0.3 is 5.97 Å². The third-order valence-corrected chi connectivity index (χ3v) is 3.92. The number of fused-ring (bicyclic) bond motifs is 1. The Morgan fingerprint density at radius 3 is 2.71 bits per heavy atom. The summed E-state index contributed by atoms with van der Waals surface area (Å²) in [5.74, 6) is -0.390. The lowest BCUT2D eigenvalue weighted by molar-refractivity contribution is -0.144. The van der Waals surface area contributed by atoms with E-state index in [1.165, 1.54) is 0 Å². The van der Waals surface area contributed by atoms with Crippen molar-refractivity contribution in [1.82, 2.24) is 9.38 Å². The van der Waals surface area contributed by atoms with Crippen molar-refractivity contribution in [3.63, 3.8) is 0 Å². The van der Waals surface area contributed by atoms with Crippen LogP contribution in [0.2, 0.25) is 0 Å². The Labute approximate surface area is 141 Å². The van der Waals surface area contributed by atoms with E-state index < -0.39 is 6.04 Å². The molecule has 5 nitrogen and oxygen atoms in total. The highest BCUT2D eigenvalue weighted by Crippen LogP contribution is 2.25. The standard InChI is InChI=1S/C19H21N3O2/c1-3-24-19(23)15(20)11-16-18(14-7-5-4-6-8-14)21-17-10-9-13(2)12-22(16)17/h4-10,12,15H,3,11,20H2,1-2H3. The fourth-order valence-corrected chi connectivity index (χ4v) is 2.76. The molecule has 0 bridgehead atoms. The minimum Gasteiger partial charge on any atom is -0.465 e. The van der Waals surface area contributed by atoms with Crippen LogP contribution in [0.5, 0.6) is 0 Å². The third-order valence-electron chi connectivity index (χ3n) is 3.92. The summed E-state index contributed by atoms with van der Waals surface area (Å²) in [4.78, 5) is 16.7. The maximum atomic E-state index is 11.9. The van der Waals surface area contributed by atoms with Gasteiger partial charge in [-0.3, -0.25) is 4.79 Å². The zero-order chi connectivity index (χ0) is 17.1. The first-order valence-corrected chi connectivity index (χ1v) is 8.05. The van der Waals surface area contributed by atoms with Gasteiger partial charge in [-0.05, 0) is 25.5 Å². The molecule has 0 aliphatic carbocycles. The number of benzene rings is 1. The van der Waals surface area contributed by atoms with Gasteiger partial charge in [-0.1, -0.05) is 36.4 Å². The first kappa shape index (κ1) is 16.2. The molecule has 1 aromatic carbocycles. The number of carbonyl (C=O) groups is 1. The van der Waals surface area contributed by atoms with Crippen LogP contribution in [0.15, 0.2) is 48.7 Å². The Morgan fingerprint density at radius 1 is 1.25 bits per heavy atom. The maximum Gasteiger partial charge on any atom is 0.323 e. The van der Waals surface area contributed by atoms with Crippen molar-refractivity contribution in [1.29, 1.82) is 0 Å².